The lowest BCUT2D eigenvalue weighted by molar-refractivity contribution is -0.136. The van der Waals surface area contributed by atoms with Crippen LogP contribution >= 0.6 is 0 Å². The van der Waals surface area contributed by atoms with Crippen molar-refractivity contribution < 1.29 is 9.53 Å². The van der Waals surface area contributed by atoms with Crippen LogP contribution in [0.15, 0.2) is 11.6 Å². The number of rotatable bonds is 7. The molecule has 0 aromatic carbocycles. The standard InChI is InChI=1S/C28H46O2/c1-19(2)7-6-8-20(3)24-11-12-25-23-10-9-21-17-22(30-18-29)13-15-27(21,4)26(23)14-16-28(24,25)5/h9,18-20,22-26H,6-8,10-17H2,1-5H3/t20-,22+,23-,24+,25-,26-,27-,28+/m0/s1. The number of allylic oxidation sites excluding steroid dienone is 1. The van der Waals surface area contributed by atoms with Crippen molar-refractivity contribution in [1.29, 1.82) is 0 Å². The van der Waals surface area contributed by atoms with E-state index in [1.807, 2.05) is 0 Å². The first-order valence-corrected chi connectivity index (χ1v) is 13.1. The van der Waals surface area contributed by atoms with Crippen LogP contribution in [0, 0.1) is 46.3 Å². The molecule has 0 N–H and O–H groups in total. The van der Waals surface area contributed by atoms with Gasteiger partial charge in [-0.2, -0.15) is 0 Å². The van der Waals surface area contributed by atoms with Gasteiger partial charge in [-0.15, -0.1) is 0 Å². The van der Waals surface area contributed by atoms with E-state index in [2.05, 4.69) is 40.7 Å². The van der Waals surface area contributed by atoms with Crippen LogP contribution in [0.3, 0.4) is 0 Å². The Bertz CT molecular complexity index is 651. The fraction of sp³-hybridized carbons (Fsp3) is 0.893. The van der Waals surface area contributed by atoms with E-state index >= 15 is 0 Å². The zero-order valence-corrected chi connectivity index (χ0v) is 20.3. The van der Waals surface area contributed by atoms with Crippen LogP contribution < -0.4 is 0 Å². The summed E-state index contributed by atoms with van der Waals surface area (Å²) in [6, 6.07) is 0. The Labute approximate surface area is 185 Å². The fourth-order valence-electron chi connectivity index (χ4n) is 8.85. The van der Waals surface area contributed by atoms with E-state index in [1.165, 1.54) is 57.8 Å². The molecule has 0 amide bonds. The Kier molecular flexibility index (Phi) is 6.44. The largest absolute Gasteiger partial charge is 0.464 e. The van der Waals surface area contributed by atoms with Crippen LogP contribution in [0.1, 0.15) is 105 Å². The number of fused-ring (bicyclic) bond motifs is 5. The molecule has 2 nitrogen and oxygen atoms in total. The first-order chi connectivity index (χ1) is 14.3. The maximum atomic E-state index is 10.8. The molecule has 8 atom stereocenters. The van der Waals surface area contributed by atoms with E-state index < -0.39 is 0 Å². The van der Waals surface area contributed by atoms with E-state index in [0.717, 1.165) is 48.3 Å². The summed E-state index contributed by atoms with van der Waals surface area (Å²) in [5.74, 6) is 5.32. The molecule has 0 aromatic rings. The maximum absolute atomic E-state index is 10.8. The van der Waals surface area contributed by atoms with Crippen molar-refractivity contribution >= 4 is 6.47 Å². The molecule has 2 heteroatoms. The van der Waals surface area contributed by atoms with Gasteiger partial charge in [-0.3, -0.25) is 4.79 Å². The van der Waals surface area contributed by atoms with Gasteiger partial charge >= 0.3 is 0 Å². The first-order valence-electron chi connectivity index (χ1n) is 13.1. The number of carbonyl (C=O) groups excluding carboxylic acids is 1. The molecule has 3 fully saturated rings. The molecule has 170 valence electrons. The van der Waals surface area contributed by atoms with Crippen LogP contribution in [-0.2, 0) is 9.53 Å². The van der Waals surface area contributed by atoms with Crippen molar-refractivity contribution in [3.8, 4) is 0 Å². The summed E-state index contributed by atoms with van der Waals surface area (Å²) in [7, 11) is 0. The summed E-state index contributed by atoms with van der Waals surface area (Å²) < 4.78 is 5.36. The lowest BCUT2D eigenvalue weighted by atomic mass is 9.47. The Hall–Kier alpha value is -0.790. The summed E-state index contributed by atoms with van der Waals surface area (Å²) in [6.07, 6.45) is 17.2. The molecule has 0 aliphatic heterocycles. The molecule has 0 bridgehead atoms. The smallest absolute Gasteiger partial charge is 0.293 e. The number of hydrogen-bond acceptors (Lipinski definition) is 2. The molecule has 0 unspecified atom stereocenters. The molecule has 4 aliphatic rings. The molecular formula is C28H46O2. The molecule has 3 saturated carbocycles. The van der Waals surface area contributed by atoms with Gasteiger partial charge in [0.25, 0.3) is 6.47 Å². The van der Waals surface area contributed by atoms with E-state index in [4.69, 9.17) is 4.74 Å². The SMILES string of the molecule is CC(C)CCC[C@H](C)[C@H]1CC[C@H]2[C@@H]3CC=C4C[C@H](OC=O)CC[C@]4(C)[C@H]3CC[C@]12C. The minimum atomic E-state index is 0.120. The molecule has 4 aliphatic carbocycles. The predicted octanol–water partition coefficient (Wildman–Crippen LogP) is 7.57. The highest BCUT2D eigenvalue weighted by molar-refractivity contribution is 5.38. The molecular weight excluding hydrogens is 368 g/mol. The summed E-state index contributed by atoms with van der Waals surface area (Å²) in [6.45, 7) is 13.2. The van der Waals surface area contributed by atoms with Crippen LogP contribution in [-0.4, -0.2) is 12.6 Å². The second-order valence-electron chi connectivity index (χ2n) is 12.4. The Morgan fingerprint density at radius 3 is 2.60 bits per heavy atom. The Morgan fingerprint density at radius 1 is 1.07 bits per heavy atom. The van der Waals surface area contributed by atoms with Gasteiger partial charge in [0.2, 0.25) is 0 Å². The third-order valence-corrected chi connectivity index (χ3v) is 10.5. The van der Waals surface area contributed by atoms with Gasteiger partial charge in [0.1, 0.15) is 6.10 Å². The lowest BCUT2D eigenvalue weighted by Crippen LogP contribution is -2.51. The lowest BCUT2D eigenvalue weighted by Gasteiger charge is -2.58. The minimum Gasteiger partial charge on any atom is -0.464 e. The number of hydrogen-bond donors (Lipinski definition) is 0. The van der Waals surface area contributed by atoms with Gasteiger partial charge in [-0.1, -0.05) is 65.5 Å². The Balaban J connectivity index is 1.47. The van der Waals surface area contributed by atoms with E-state index in [-0.39, 0.29) is 6.10 Å². The first kappa shape index (κ1) is 22.4. The second kappa shape index (κ2) is 8.62. The van der Waals surface area contributed by atoms with Crippen molar-refractivity contribution in [2.45, 2.75) is 111 Å². The van der Waals surface area contributed by atoms with Crippen molar-refractivity contribution in [2.75, 3.05) is 0 Å². The number of ether oxygens (including phenoxy) is 1. The van der Waals surface area contributed by atoms with Crippen LogP contribution in [0.2, 0.25) is 0 Å². The summed E-state index contributed by atoms with van der Waals surface area (Å²) in [5.41, 5.74) is 2.54. The number of carbonyl (C=O) groups is 1. The van der Waals surface area contributed by atoms with Crippen molar-refractivity contribution in [3.05, 3.63) is 11.6 Å². The van der Waals surface area contributed by atoms with Gasteiger partial charge in [0.15, 0.2) is 0 Å². The van der Waals surface area contributed by atoms with E-state index in [0.29, 0.717) is 17.3 Å². The second-order valence-corrected chi connectivity index (χ2v) is 12.4. The quantitative estimate of drug-likeness (QED) is 0.317. The van der Waals surface area contributed by atoms with Crippen molar-refractivity contribution in [3.63, 3.8) is 0 Å². The third kappa shape index (κ3) is 3.79. The average molecular weight is 415 g/mol. The van der Waals surface area contributed by atoms with Crippen molar-refractivity contribution in [2.24, 2.45) is 46.3 Å². The van der Waals surface area contributed by atoms with Gasteiger partial charge in [0, 0.05) is 6.42 Å². The molecule has 30 heavy (non-hydrogen) atoms. The topological polar surface area (TPSA) is 26.3 Å². The highest BCUT2D eigenvalue weighted by atomic mass is 16.5. The van der Waals surface area contributed by atoms with E-state index in [1.54, 1.807) is 5.57 Å². The molecule has 0 spiro atoms. The highest BCUT2D eigenvalue weighted by Gasteiger charge is 2.59. The zero-order valence-electron chi connectivity index (χ0n) is 20.3. The Morgan fingerprint density at radius 2 is 1.87 bits per heavy atom. The highest BCUT2D eigenvalue weighted by Crippen LogP contribution is 2.67. The fourth-order valence-corrected chi connectivity index (χ4v) is 8.85. The predicted molar refractivity (Wildman–Crippen MR) is 124 cm³/mol. The van der Waals surface area contributed by atoms with Crippen LogP contribution in [0.5, 0.6) is 0 Å². The zero-order chi connectivity index (χ0) is 21.5. The van der Waals surface area contributed by atoms with Gasteiger partial charge in [-0.25, -0.2) is 0 Å². The molecule has 4 rings (SSSR count). The summed E-state index contributed by atoms with van der Waals surface area (Å²) in [5, 5.41) is 0. The van der Waals surface area contributed by atoms with Gasteiger partial charge in [-0.05, 0) is 91.3 Å². The van der Waals surface area contributed by atoms with Crippen molar-refractivity contribution in [1.82, 2.24) is 0 Å². The molecule has 0 radical (unpaired) electrons. The molecule has 0 saturated heterocycles. The van der Waals surface area contributed by atoms with Crippen LogP contribution in [0.25, 0.3) is 0 Å². The molecule has 0 heterocycles. The van der Waals surface area contributed by atoms with Gasteiger partial charge in [0.05, 0.1) is 0 Å². The van der Waals surface area contributed by atoms with Crippen LogP contribution in [0.4, 0.5) is 0 Å². The van der Waals surface area contributed by atoms with Gasteiger partial charge < -0.3 is 4.74 Å². The third-order valence-electron chi connectivity index (χ3n) is 10.5. The maximum Gasteiger partial charge on any atom is 0.293 e. The molecule has 0 aromatic heterocycles. The summed E-state index contributed by atoms with van der Waals surface area (Å²) >= 11 is 0. The van der Waals surface area contributed by atoms with E-state index in [9.17, 15) is 4.79 Å². The minimum absolute atomic E-state index is 0.120. The average Bonchev–Trinajstić information content (AvgIpc) is 3.05. The summed E-state index contributed by atoms with van der Waals surface area (Å²) in [4.78, 5) is 10.8. The normalized spacial score (nSPS) is 43.9. The monoisotopic (exact) mass is 414 g/mol.